The van der Waals surface area contributed by atoms with Crippen LogP contribution >= 0.6 is 0 Å². The van der Waals surface area contributed by atoms with Gasteiger partial charge in [-0.1, -0.05) is 12.1 Å². The third kappa shape index (κ3) is 2.30. The molecule has 0 saturated carbocycles. The highest BCUT2D eigenvalue weighted by Crippen LogP contribution is 2.26. The van der Waals surface area contributed by atoms with Gasteiger partial charge in [0.05, 0.1) is 7.11 Å². The highest BCUT2D eigenvalue weighted by atomic mass is 16.6. The van der Waals surface area contributed by atoms with E-state index in [9.17, 15) is 0 Å². The fourth-order valence-corrected chi connectivity index (χ4v) is 2.10. The Balaban J connectivity index is 2.18. The molecule has 2 rings (SSSR count). The quantitative estimate of drug-likeness (QED) is 0.762. The molecule has 1 N–H and O–H groups in total. The van der Waals surface area contributed by atoms with E-state index in [4.69, 9.17) is 4.84 Å². The zero-order valence-corrected chi connectivity index (χ0v) is 9.42. The third-order valence-corrected chi connectivity index (χ3v) is 2.92. The Hall–Kier alpha value is -1.06. The summed E-state index contributed by atoms with van der Waals surface area (Å²) >= 11 is 0. The Morgan fingerprint density at radius 2 is 2.33 bits per heavy atom. The molecule has 1 aliphatic heterocycles. The van der Waals surface area contributed by atoms with Crippen molar-refractivity contribution >= 4 is 5.69 Å². The maximum Gasteiger partial charge on any atom is 0.0572 e. The standard InChI is InChI=1S/C12H18N2O/c1-14-7-3-4-11-8-10(9-13-15-2)5-6-12(11)14/h5-6,8,13H,3-4,7,9H2,1-2H3. The summed E-state index contributed by atoms with van der Waals surface area (Å²) in [6.45, 7) is 1.94. The van der Waals surface area contributed by atoms with Crippen molar-refractivity contribution in [1.29, 1.82) is 0 Å². The van der Waals surface area contributed by atoms with Crippen LogP contribution in [0.2, 0.25) is 0 Å². The van der Waals surface area contributed by atoms with Crippen molar-refractivity contribution in [2.45, 2.75) is 19.4 Å². The molecule has 0 amide bonds. The number of anilines is 1. The van der Waals surface area contributed by atoms with Crippen molar-refractivity contribution in [3.8, 4) is 0 Å². The van der Waals surface area contributed by atoms with Crippen LogP contribution in [0.5, 0.6) is 0 Å². The normalized spacial score (nSPS) is 15.2. The average Bonchev–Trinajstić information content (AvgIpc) is 2.26. The summed E-state index contributed by atoms with van der Waals surface area (Å²) in [5.74, 6) is 0. The Labute approximate surface area is 91.0 Å². The van der Waals surface area contributed by atoms with Crippen LogP contribution in [0, 0.1) is 0 Å². The molecule has 82 valence electrons. The molecular formula is C12H18N2O. The number of aryl methyl sites for hydroxylation is 1. The lowest BCUT2D eigenvalue weighted by atomic mass is 10.00. The van der Waals surface area contributed by atoms with E-state index in [2.05, 4.69) is 35.6 Å². The Kier molecular flexibility index (Phi) is 3.23. The van der Waals surface area contributed by atoms with E-state index in [0.717, 1.165) is 6.54 Å². The van der Waals surface area contributed by atoms with Gasteiger partial charge < -0.3 is 9.74 Å². The van der Waals surface area contributed by atoms with Gasteiger partial charge in [0.2, 0.25) is 0 Å². The lowest BCUT2D eigenvalue weighted by Gasteiger charge is -2.27. The molecule has 0 bridgehead atoms. The van der Waals surface area contributed by atoms with Gasteiger partial charge in [-0.3, -0.25) is 0 Å². The average molecular weight is 206 g/mol. The van der Waals surface area contributed by atoms with E-state index in [1.807, 2.05) is 0 Å². The second-order valence-electron chi connectivity index (χ2n) is 4.01. The number of benzene rings is 1. The first kappa shape index (κ1) is 10.5. The van der Waals surface area contributed by atoms with Crippen molar-refractivity contribution in [2.75, 3.05) is 25.6 Å². The zero-order valence-electron chi connectivity index (χ0n) is 9.42. The topological polar surface area (TPSA) is 24.5 Å². The second kappa shape index (κ2) is 4.64. The Bertz CT molecular complexity index is 338. The minimum absolute atomic E-state index is 0.771. The summed E-state index contributed by atoms with van der Waals surface area (Å²) in [6, 6.07) is 6.64. The van der Waals surface area contributed by atoms with E-state index < -0.39 is 0 Å². The zero-order chi connectivity index (χ0) is 10.7. The van der Waals surface area contributed by atoms with Crippen LogP contribution in [0.3, 0.4) is 0 Å². The third-order valence-electron chi connectivity index (χ3n) is 2.92. The summed E-state index contributed by atoms with van der Waals surface area (Å²) in [5.41, 5.74) is 6.99. The lowest BCUT2D eigenvalue weighted by molar-refractivity contribution is 0.0867. The van der Waals surface area contributed by atoms with Crippen molar-refractivity contribution < 1.29 is 4.84 Å². The number of nitrogens with one attached hydrogen (secondary N) is 1. The first-order valence-electron chi connectivity index (χ1n) is 5.40. The SMILES string of the molecule is CONCc1ccc2c(c1)CCCN2C. The summed E-state index contributed by atoms with van der Waals surface area (Å²) in [5, 5.41) is 0. The predicted molar refractivity (Wildman–Crippen MR) is 61.9 cm³/mol. The van der Waals surface area contributed by atoms with Gasteiger partial charge in [0, 0.05) is 25.8 Å². The molecule has 0 unspecified atom stereocenters. The van der Waals surface area contributed by atoms with Crippen molar-refractivity contribution in [2.24, 2.45) is 0 Å². The molecule has 0 atom stereocenters. The molecule has 3 heteroatoms. The molecule has 0 fully saturated rings. The Morgan fingerprint density at radius 1 is 1.47 bits per heavy atom. The van der Waals surface area contributed by atoms with E-state index in [1.165, 1.54) is 36.2 Å². The largest absolute Gasteiger partial charge is 0.374 e. The minimum atomic E-state index is 0.771. The molecule has 0 aliphatic carbocycles. The lowest BCUT2D eigenvalue weighted by Crippen LogP contribution is -2.24. The number of fused-ring (bicyclic) bond motifs is 1. The molecule has 0 radical (unpaired) electrons. The molecule has 0 aromatic heterocycles. The summed E-state index contributed by atoms with van der Waals surface area (Å²) < 4.78 is 0. The van der Waals surface area contributed by atoms with Crippen molar-refractivity contribution in [3.05, 3.63) is 29.3 Å². The van der Waals surface area contributed by atoms with Crippen molar-refractivity contribution in [1.82, 2.24) is 5.48 Å². The van der Waals surface area contributed by atoms with Gasteiger partial charge in [0.25, 0.3) is 0 Å². The molecule has 1 aromatic carbocycles. The Morgan fingerprint density at radius 3 is 3.13 bits per heavy atom. The first-order valence-corrected chi connectivity index (χ1v) is 5.40. The van der Waals surface area contributed by atoms with E-state index in [-0.39, 0.29) is 0 Å². The van der Waals surface area contributed by atoms with Crippen LogP contribution in [0.15, 0.2) is 18.2 Å². The molecule has 3 nitrogen and oxygen atoms in total. The van der Waals surface area contributed by atoms with Crippen LogP contribution < -0.4 is 10.4 Å². The molecule has 0 spiro atoms. The summed E-state index contributed by atoms with van der Waals surface area (Å²) in [4.78, 5) is 7.18. The van der Waals surface area contributed by atoms with Crippen LogP contribution in [-0.2, 0) is 17.8 Å². The fourth-order valence-electron chi connectivity index (χ4n) is 2.10. The number of hydrogen-bond acceptors (Lipinski definition) is 3. The van der Waals surface area contributed by atoms with Gasteiger partial charge in [-0.2, -0.15) is 5.48 Å². The van der Waals surface area contributed by atoms with Gasteiger partial charge in [0.15, 0.2) is 0 Å². The van der Waals surface area contributed by atoms with Gasteiger partial charge in [-0.05, 0) is 30.0 Å². The number of hydroxylamine groups is 1. The minimum Gasteiger partial charge on any atom is -0.374 e. The van der Waals surface area contributed by atoms with E-state index >= 15 is 0 Å². The van der Waals surface area contributed by atoms with Gasteiger partial charge >= 0.3 is 0 Å². The number of hydrogen-bond donors (Lipinski definition) is 1. The van der Waals surface area contributed by atoms with Crippen LogP contribution in [0.1, 0.15) is 17.5 Å². The van der Waals surface area contributed by atoms with Gasteiger partial charge in [0.1, 0.15) is 0 Å². The molecule has 0 saturated heterocycles. The fraction of sp³-hybridized carbons (Fsp3) is 0.500. The van der Waals surface area contributed by atoms with Crippen molar-refractivity contribution in [3.63, 3.8) is 0 Å². The van der Waals surface area contributed by atoms with Crippen LogP contribution in [0.4, 0.5) is 5.69 Å². The maximum absolute atomic E-state index is 4.85. The first-order chi connectivity index (χ1) is 7.31. The molecular weight excluding hydrogens is 188 g/mol. The number of nitrogens with zero attached hydrogens (tertiary/aromatic N) is 1. The van der Waals surface area contributed by atoms with Crippen LogP contribution in [-0.4, -0.2) is 20.7 Å². The molecule has 15 heavy (non-hydrogen) atoms. The van der Waals surface area contributed by atoms with E-state index in [0.29, 0.717) is 0 Å². The molecule has 1 aliphatic rings. The molecule has 1 aromatic rings. The number of rotatable bonds is 3. The van der Waals surface area contributed by atoms with E-state index in [1.54, 1.807) is 7.11 Å². The second-order valence-corrected chi connectivity index (χ2v) is 4.01. The van der Waals surface area contributed by atoms with Crippen LogP contribution in [0.25, 0.3) is 0 Å². The smallest absolute Gasteiger partial charge is 0.0572 e. The maximum atomic E-state index is 4.85. The highest BCUT2D eigenvalue weighted by Gasteiger charge is 2.13. The van der Waals surface area contributed by atoms with Gasteiger partial charge in [-0.15, -0.1) is 0 Å². The van der Waals surface area contributed by atoms with Gasteiger partial charge in [-0.25, -0.2) is 0 Å². The highest BCUT2D eigenvalue weighted by molar-refractivity contribution is 5.56. The predicted octanol–water partition coefficient (Wildman–Crippen LogP) is 1.72. The molecule has 1 heterocycles. The summed E-state index contributed by atoms with van der Waals surface area (Å²) in [6.07, 6.45) is 2.45. The summed E-state index contributed by atoms with van der Waals surface area (Å²) in [7, 11) is 3.80. The monoisotopic (exact) mass is 206 g/mol.